The highest BCUT2D eigenvalue weighted by Gasteiger charge is 2.37. The van der Waals surface area contributed by atoms with Crippen LogP contribution in [0.4, 0.5) is 5.69 Å². The number of hydrogen-bond donors (Lipinski definition) is 2. The summed E-state index contributed by atoms with van der Waals surface area (Å²) in [6.45, 7) is 1.91. The number of para-hydroxylation sites is 1. The average Bonchev–Trinajstić information content (AvgIpc) is 2.95. The number of rotatable bonds is 3. The van der Waals surface area contributed by atoms with Crippen LogP contribution in [0, 0.1) is 21.4 Å². The number of allylic oxidation sites excluding steroid dienone is 1. The first-order valence-electron chi connectivity index (χ1n) is 6.96. The van der Waals surface area contributed by atoms with Crippen molar-refractivity contribution in [3.8, 4) is 11.9 Å². The van der Waals surface area contributed by atoms with Crippen LogP contribution in [0.2, 0.25) is 0 Å². The Balaban J connectivity index is 2.31. The Morgan fingerprint density at radius 3 is 2.91 bits per heavy atom. The molecule has 0 spiro atoms. The molecule has 2 heterocycles. The molecule has 1 aliphatic rings. The Kier molecular flexibility index (Phi) is 3.46. The second-order valence-electron chi connectivity index (χ2n) is 5.02. The number of benzene rings is 1. The van der Waals surface area contributed by atoms with E-state index in [2.05, 4.69) is 10.2 Å². The van der Waals surface area contributed by atoms with E-state index in [1.807, 2.05) is 13.0 Å². The van der Waals surface area contributed by atoms with Gasteiger partial charge in [0, 0.05) is 17.3 Å². The van der Waals surface area contributed by atoms with Gasteiger partial charge in [-0.15, -0.1) is 5.10 Å². The maximum Gasteiger partial charge on any atom is 0.273 e. The third-order valence-corrected chi connectivity index (χ3v) is 3.82. The minimum Gasteiger partial charge on any atom is -0.420 e. The zero-order valence-corrected chi connectivity index (χ0v) is 12.2. The van der Waals surface area contributed by atoms with Crippen LogP contribution in [0.1, 0.15) is 29.7 Å². The molecule has 1 aliphatic heterocycles. The third kappa shape index (κ3) is 2.19. The molecule has 0 aliphatic carbocycles. The summed E-state index contributed by atoms with van der Waals surface area (Å²) in [4.78, 5) is 10.9. The number of hydrogen-bond acceptors (Lipinski definition) is 6. The molecule has 3 N–H and O–H groups in total. The van der Waals surface area contributed by atoms with E-state index >= 15 is 0 Å². The number of aromatic amines is 1. The van der Waals surface area contributed by atoms with Crippen LogP contribution in [-0.2, 0) is 6.42 Å². The lowest BCUT2D eigenvalue weighted by Gasteiger charge is -2.23. The molecule has 23 heavy (non-hydrogen) atoms. The summed E-state index contributed by atoms with van der Waals surface area (Å²) in [5, 5.41) is 27.7. The number of ether oxygens (including phenoxy) is 1. The molecule has 8 nitrogen and oxygen atoms in total. The number of nitro benzene ring substituents is 1. The summed E-state index contributed by atoms with van der Waals surface area (Å²) >= 11 is 0. The summed E-state index contributed by atoms with van der Waals surface area (Å²) < 4.78 is 5.39. The van der Waals surface area contributed by atoms with E-state index in [0.29, 0.717) is 17.5 Å². The Morgan fingerprint density at radius 2 is 2.26 bits per heavy atom. The van der Waals surface area contributed by atoms with Gasteiger partial charge in [0.2, 0.25) is 11.8 Å². The van der Waals surface area contributed by atoms with Crippen LogP contribution in [0.5, 0.6) is 5.88 Å². The number of nitrogens with two attached hydrogens (primary N) is 1. The minimum atomic E-state index is -0.681. The minimum absolute atomic E-state index is 0.0749. The van der Waals surface area contributed by atoms with Crippen LogP contribution in [-0.4, -0.2) is 15.1 Å². The molecule has 0 unspecified atom stereocenters. The lowest BCUT2D eigenvalue weighted by Crippen LogP contribution is -2.21. The number of nitrogens with zero attached hydrogens (tertiary/aromatic N) is 3. The molecular formula is C15H13N5O3. The number of fused-ring (bicyclic) bond motifs is 1. The highest BCUT2D eigenvalue weighted by atomic mass is 16.6. The number of aryl methyl sites for hydroxylation is 1. The standard InChI is InChI=1S/C15H13N5O3/c1-2-10-13-12(8-5-3-4-6-11(8)20(21)22)9(7-16)14(17)23-15(13)19-18-10/h3-6,12H,2,17H2,1H3,(H,18,19)/t12-/m1/s1. The summed E-state index contributed by atoms with van der Waals surface area (Å²) in [5.41, 5.74) is 7.64. The molecule has 1 atom stereocenters. The average molecular weight is 311 g/mol. The lowest BCUT2D eigenvalue weighted by molar-refractivity contribution is -0.385. The number of nitro groups is 1. The van der Waals surface area contributed by atoms with E-state index in [4.69, 9.17) is 10.5 Å². The molecule has 116 valence electrons. The summed E-state index contributed by atoms with van der Waals surface area (Å²) in [6.07, 6.45) is 0.613. The lowest BCUT2D eigenvalue weighted by atomic mass is 9.83. The topological polar surface area (TPSA) is 131 Å². The van der Waals surface area contributed by atoms with Crippen molar-refractivity contribution in [2.45, 2.75) is 19.3 Å². The van der Waals surface area contributed by atoms with Crippen molar-refractivity contribution >= 4 is 5.69 Å². The smallest absolute Gasteiger partial charge is 0.273 e. The quantitative estimate of drug-likeness (QED) is 0.659. The number of nitrogens with one attached hydrogen (secondary N) is 1. The molecule has 1 aromatic carbocycles. The fraction of sp³-hybridized carbons (Fsp3) is 0.200. The summed E-state index contributed by atoms with van der Waals surface area (Å²) in [5.74, 6) is -0.516. The zero-order valence-electron chi connectivity index (χ0n) is 12.2. The van der Waals surface area contributed by atoms with Gasteiger partial charge in [0.1, 0.15) is 11.6 Å². The van der Waals surface area contributed by atoms with Gasteiger partial charge in [-0.25, -0.2) is 0 Å². The van der Waals surface area contributed by atoms with E-state index in [-0.39, 0.29) is 23.0 Å². The SMILES string of the molecule is CCc1[nH]nc2c1[C@H](c1ccccc1[N+](=O)[O-])C(C#N)=C(N)O2. The Labute approximate surface area is 131 Å². The van der Waals surface area contributed by atoms with Gasteiger partial charge in [-0.2, -0.15) is 5.26 Å². The Hall–Kier alpha value is -3.34. The first kappa shape index (κ1) is 14.6. The monoisotopic (exact) mass is 311 g/mol. The van der Waals surface area contributed by atoms with E-state index in [1.54, 1.807) is 18.2 Å². The van der Waals surface area contributed by atoms with Crippen LogP contribution < -0.4 is 10.5 Å². The van der Waals surface area contributed by atoms with Crippen molar-refractivity contribution in [2.24, 2.45) is 5.73 Å². The molecule has 1 aromatic heterocycles. The maximum absolute atomic E-state index is 11.4. The van der Waals surface area contributed by atoms with Gasteiger partial charge in [-0.1, -0.05) is 25.1 Å². The third-order valence-electron chi connectivity index (χ3n) is 3.82. The first-order chi connectivity index (χ1) is 11.1. The first-order valence-corrected chi connectivity index (χ1v) is 6.96. The molecular weight excluding hydrogens is 298 g/mol. The van der Waals surface area contributed by atoms with Gasteiger partial charge in [-0.3, -0.25) is 15.2 Å². The Morgan fingerprint density at radius 1 is 1.52 bits per heavy atom. The molecule has 0 bridgehead atoms. The van der Waals surface area contributed by atoms with Gasteiger partial charge >= 0.3 is 0 Å². The van der Waals surface area contributed by atoms with E-state index in [0.717, 1.165) is 5.69 Å². The van der Waals surface area contributed by atoms with Crippen molar-refractivity contribution in [2.75, 3.05) is 0 Å². The largest absolute Gasteiger partial charge is 0.420 e. The summed E-state index contributed by atoms with van der Waals surface area (Å²) in [6, 6.07) is 8.31. The van der Waals surface area contributed by atoms with Crippen molar-refractivity contribution < 1.29 is 9.66 Å². The molecule has 0 saturated carbocycles. The van der Waals surface area contributed by atoms with Gasteiger partial charge in [0.25, 0.3) is 5.69 Å². The van der Waals surface area contributed by atoms with Gasteiger partial charge in [-0.05, 0) is 6.42 Å². The van der Waals surface area contributed by atoms with Crippen LogP contribution in [0.3, 0.4) is 0 Å². The van der Waals surface area contributed by atoms with E-state index < -0.39 is 10.8 Å². The van der Waals surface area contributed by atoms with Crippen LogP contribution >= 0.6 is 0 Å². The number of aromatic nitrogens is 2. The Bertz CT molecular complexity index is 862. The van der Waals surface area contributed by atoms with Crippen LogP contribution in [0.15, 0.2) is 35.7 Å². The van der Waals surface area contributed by atoms with E-state index in [9.17, 15) is 15.4 Å². The molecule has 3 rings (SSSR count). The van der Waals surface area contributed by atoms with Gasteiger partial charge in [0.15, 0.2) is 0 Å². The van der Waals surface area contributed by atoms with Crippen molar-refractivity contribution in [1.82, 2.24) is 10.2 Å². The molecule has 0 saturated heterocycles. The fourth-order valence-electron chi connectivity index (χ4n) is 2.79. The van der Waals surface area contributed by atoms with Crippen molar-refractivity contribution in [1.29, 1.82) is 5.26 Å². The normalized spacial score (nSPS) is 16.4. The predicted molar refractivity (Wildman–Crippen MR) is 80.4 cm³/mol. The molecule has 0 amide bonds. The van der Waals surface area contributed by atoms with Crippen molar-refractivity contribution in [3.63, 3.8) is 0 Å². The van der Waals surface area contributed by atoms with E-state index in [1.165, 1.54) is 6.07 Å². The number of H-pyrrole nitrogens is 1. The second kappa shape index (κ2) is 5.46. The van der Waals surface area contributed by atoms with Gasteiger partial charge < -0.3 is 10.5 Å². The van der Waals surface area contributed by atoms with Gasteiger partial charge in [0.05, 0.1) is 16.4 Å². The molecule has 0 radical (unpaired) electrons. The maximum atomic E-state index is 11.4. The highest BCUT2D eigenvalue weighted by molar-refractivity contribution is 5.59. The predicted octanol–water partition coefficient (Wildman–Crippen LogP) is 2.10. The highest BCUT2D eigenvalue weighted by Crippen LogP contribution is 2.45. The molecule has 2 aromatic rings. The summed E-state index contributed by atoms with van der Waals surface area (Å²) in [7, 11) is 0. The zero-order chi connectivity index (χ0) is 16.6. The molecule has 8 heteroatoms. The molecule has 0 fully saturated rings. The van der Waals surface area contributed by atoms with Crippen molar-refractivity contribution in [3.05, 3.63) is 62.7 Å². The number of nitriles is 1. The second-order valence-corrected chi connectivity index (χ2v) is 5.02. The van der Waals surface area contributed by atoms with Crippen LogP contribution in [0.25, 0.3) is 0 Å². The fourth-order valence-corrected chi connectivity index (χ4v) is 2.79.